The van der Waals surface area contributed by atoms with Gasteiger partial charge in [0.25, 0.3) is 0 Å². The second kappa shape index (κ2) is 7.71. The minimum absolute atomic E-state index is 0.152. The van der Waals surface area contributed by atoms with Crippen LogP contribution < -0.4 is 11.1 Å². The molecule has 0 saturated heterocycles. The van der Waals surface area contributed by atoms with E-state index >= 15 is 0 Å². The van der Waals surface area contributed by atoms with Gasteiger partial charge >= 0.3 is 0 Å². The molecule has 4 heteroatoms. The minimum Gasteiger partial charge on any atom is -0.354 e. The van der Waals surface area contributed by atoms with Gasteiger partial charge in [-0.05, 0) is 23.1 Å². The van der Waals surface area contributed by atoms with Gasteiger partial charge in [-0.2, -0.15) is 0 Å². The highest BCUT2D eigenvalue weighted by Gasteiger charge is 2.20. The van der Waals surface area contributed by atoms with Crippen molar-refractivity contribution in [1.82, 2.24) is 10.3 Å². The number of hydrogen-bond donors (Lipinski definition) is 2. The number of nitrogens with two attached hydrogens (primary N) is 1. The number of amides is 1. The third-order valence-electron chi connectivity index (χ3n) is 3.85. The molecule has 2 aromatic rings. The number of aromatic nitrogens is 1. The van der Waals surface area contributed by atoms with E-state index in [0.29, 0.717) is 12.5 Å². The van der Waals surface area contributed by atoms with Crippen LogP contribution in [-0.4, -0.2) is 17.4 Å². The van der Waals surface area contributed by atoms with Gasteiger partial charge in [0.15, 0.2) is 0 Å². The molecule has 0 radical (unpaired) electrons. The topological polar surface area (TPSA) is 68.0 Å². The number of carbonyl (C=O) groups is 1. The average Bonchev–Trinajstić information content (AvgIpc) is 2.55. The molecule has 1 aromatic heterocycles. The summed E-state index contributed by atoms with van der Waals surface area (Å²) in [5, 5.41) is 2.97. The van der Waals surface area contributed by atoms with E-state index in [1.165, 1.54) is 0 Å². The predicted octanol–water partition coefficient (Wildman–Crippen LogP) is 2.64. The number of rotatable bonds is 6. The Labute approximate surface area is 131 Å². The highest BCUT2D eigenvalue weighted by molar-refractivity contribution is 5.82. The van der Waals surface area contributed by atoms with Crippen molar-refractivity contribution in [2.45, 2.75) is 25.8 Å². The van der Waals surface area contributed by atoms with Gasteiger partial charge in [-0.1, -0.05) is 50.2 Å². The monoisotopic (exact) mass is 297 g/mol. The van der Waals surface area contributed by atoms with Crippen LogP contribution in [0.3, 0.4) is 0 Å². The molecular formula is C18H23N3O. The number of nitrogens with zero attached hydrogens (tertiary/aromatic N) is 1. The lowest BCUT2D eigenvalue weighted by Gasteiger charge is -2.22. The molecule has 2 unspecified atom stereocenters. The molecule has 2 rings (SSSR count). The normalized spacial score (nSPS) is 13.6. The highest BCUT2D eigenvalue weighted by Crippen LogP contribution is 2.23. The van der Waals surface area contributed by atoms with Crippen LogP contribution >= 0.6 is 0 Å². The Bertz CT molecular complexity index is 584. The Morgan fingerprint density at radius 3 is 2.41 bits per heavy atom. The molecule has 116 valence electrons. The second-order valence-corrected chi connectivity index (χ2v) is 5.77. The fourth-order valence-electron chi connectivity index (χ4n) is 2.47. The summed E-state index contributed by atoms with van der Waals surface area (Å²) in [5.41, 5.74) is 7.97. The molecule has 1 heterocycles. The summed E-state index contributed by atoms with van der Waals surface area (Å²) in [7, 11) is 0. The quantitative estimate of drug-likeness (QED) is 0.861. The molecule has 4 nitrogen and oxygen atoms in total. The largest absolute Gasteiger partial charge is 0.354 e. The lowest BCUT2D eigenvalue weighted by Crippen LogP contribution is -2.37. The van der Waals surface area contributed by atoms with Gasteiger partial charge in [0, 0.05) is 24.9 Å². The zero-order valence-electron chi connectivity index (χ0n) is 13.1. The molecule has 0 aliphatic heterocycles. The highest BCUT2D eigenvalue weighted by atomic mass is 16.2. The summed E-state index contributed by atoms with van der Waals surface area (Å²) < 4.78 is 0. The van der Waals surface area contributed by atoms with Crippen molar-refractivity contribution < 1.29 is 4.79 Å². The maximum atomic E-state index is 12.3. The van der Waals surface area contributed by atoms with Gasteiger partial charge in [0.1, 0.15) is 6.04 Å². The van der Waals surface area contributed by atoms with Crippen molar-refractivity contribution in [2.75, 3.05) is 6.54 Å². The van der Waals surface area contributed by atoms with Gasteiger partial charge in [-0.25, -0.2) is 0 Å². The number of pyridine rings is 1. The van der Waals surface area contributed by atoms with E-state index < -0.39 is 6.04 Å². The molecule has 0 bridgehead atoms. The molecule has 0 aliphatic rings. The van der Waals surface area contributed by atoms with Crippen molar-refractivity contribution in [3.63, 3.8) is 0 Å². The fraction of sp³-hybridized carbons (Fsp3) is 0.333. The van der Waals surface area contributed by atoms with Crippen LogP contribution in [0, 0.1) is 5.92 Å². The smallest absolute Gasteiger partial charge is 0.241 e. The summed E-state index contributed by atoms with van der Waals surface area (Å²) >= 11 is 0. The van der Waals surface area contributed by atoms with E-state index in [-0.39, 0.29) is 11.8 Å². The van der Waals surface area contributed by atoms with Crippen molar-refractivity contribution in [2.24, 2.45) is 11.7 Å². The summed E-state index contributed by atoms with van der Waals surface area (Å²) in [5.74, 6) is 0.471. The third kappa shape index (κ3) is 4.15. The standard InChI is InChI=1S/C18H23N3O/c1-13(2)16(15-9-6-10-20-11-15)12-21-18(22)17(19)14-7-4-3-5-8-14/h3-11,13,16-17H,12,19H2,1-2H3,(H,21,22). The molecule has 1 amide bonds. The third-order valence-corrected chi connectivity index (χ3v) is 3.85. The Balaban J connectivity index is 1.99. The first-order valence-corrected chi connectivity index (χ1v) is 7.57. The summed E-state index contributed by atoms with van der Waals surface area (Å²) in [6.07, 6.45) is 3.61. The zero-order chi connectivity index (χ0) is 15.9. The molecule has 0 saturated carbocycles. The van der Waals surface area contributed by atoms with E-state index in [2.05, 4.69) is 24.1 Å². The molecule has 2 atom stereocenters. The van der Waals surface area contributed by atoms with Crippen molar-refractivity contribution in [1.29, 1.82) is 0 Å². The van der Waals surface area contributed by atoms with E-state index in [9.17, 15) is 4.79 Å². The van der Waals surface area contributed by atoms with Crippen LogP contribution in [0.5, 0.6) is 0 Å². The van der Waals surface area contributed by atoms with Crippen LogP contribution in [-0.2, 0) is 4.79 Å². The summed E-state index contributed by atoms with van der Waals surface area (Å²) in [6, 6.07) is 12.7. The first-order valence-electron chi connectivity index (χ1n) is 7.57. The fourth-order valence-corrected chi connectivity index (χ4v) is 2.47. The van der Waals surface area contributed by atoms with Crippen LogP contribution in [0.25, 0.3) is 0 Å². The predicted molar refractivity (Wildman–Crippen MR) is 88.2 cm³/mol. The van der Waals surface area contributed by atoms with Crippen LogP contribution in [0.4, 0.5) is 0 Å². The maximum absolute atomic E-state index is 12.3. The Morgan fingerprint density at radius 2 is 1.82 bits per heavy atom. The number of hydrogen-bond acceptors (Lipinski definition) is 3. The SMILES string of the molecule is CC(C)C(CNC(=O)C(N)c1ccccc1)c1cccnc1. The Morgan fingerprint density at radius 1 is 1.14 bits per heavy atom. The minimum atomic E-state index is -0.636. The van der Waals surface area contributed by atoms with Crippen molar-refractivity contribution in [3.05, 3.63) is 66.0 Å². The lowest BCUT2D eigenvalue weighted by molar-refractivity contribution is -0.122. The summed E-state index contributed by atoms with van der Waals surface area (Å²) in [4.78, 5) is 16.4. The van der Waals surface area contributed by atoms with Gasteiger partial charge in [-0.15, -0.1) is 0 Å². The molecule has 0 aliphatic carbocycles. The Hall–Kier alpha value is -2.20. The Kier molecular flexibility index (Phi) is 5.67. The average molecular weight is 297 g/mol. The zero-order valence-corrected chi connectivity index (χ0v) is 13.1. The van der Waals surface area contributed by atoms with E-state index in [1.807, 2.05) is 48.7 Å². The van der Waals surface area contributed by atoms with E-state index in [1.54, 1.807) is 6.20 Å². The number of carbonyl (C=O) groups excluding carboxylic acids is 1. The first-order chi connectivity index (χ1) is 10.6. The van der Waals surface area contributed by atoms with Crippen LogP contribution in [0.15, 0.2) is 54.9 Å². The van der Waals surface area contributed by atoms with Crippen LogP contribution in [0.1, 0.15) is 36.9 Å². The van der Waals surface area contributed by atoms with Gasteiger partial charge in [0.05, 0.1) is 0 Å². The number of benzene rings is 1. The van der Waals surface area contributed by atoms with Crippen molar-refractivity contribution >= 4 is 5.91 Å². The number of nitrogens with one attached hydrogen (secondary N) is 1. The molecule has 0 spiro atoms. The first kappa shape index (κ1) is 16.2. The molecule has 3 N–H and O–H groups in total. The van der Waals surface area contributed by atoms with E-state index in [4.69, 9.17) is 5.73 Å². The van der Waals surface area contributed by atoms with Crippen LogP contribution in [0.2, 0.25) is 0 Å². The summed E-state index contributed by atoms with van der Waals surface area (Å²) in [6.45, 7) is 4.84. The van der Waals surface area contributed by atoms with Crippen molar-refractivity contribution in [3.8, 4) is 0 Å². The molecule has 1 aromatic carbocycles. The lowest BCUT2D eigenvalue weighted by atomic mass is 9.89. The van der Waals surface area contributed by atoms with Gasteiger partial charge < -0.3 is 11.1 Å². The maximum Gasteiger partial charge on any atom is 0.241 e. The van der Waals surface area contributed by atoms with Gasteiger partial charge in [0.2, 0.25) is 5.91 Å². The van der Waals surface area contributed by atoms with Gasteiger partial charge in [-0.3, -0.25) is 9.78 Å². The molecular weight excluding hydrogens is 274 g/mol. The second-order valence-electron chi connectivity index (χ2n) is 5.77. The molecule has 22 heavy (non-hydrogen) atoms. The van der Waals surface area contributed by atoms with E-state index in [0.717, 1.165) is 11.1 Å². The molecule has 0 fully saturated rings.